The van der Waals surface area contributed by atoms with Crippen LogP contribution in [0.5, 0.6) is 0 Å². The van der Waals surface area contributed by atoms with E-state index in [0.29, 0.717) is 10.0 Å². The zero-order chi connectivity index (χ0) is 12.7. The van der Waals surface area contributed by atoms with Crippen molar-refractivity contribution in [1.29, 1.82) is 0 Å². The zero-order valence-corrected chi connectivity index (χ0v) is 11.5. The Morgan fingerprint density at radius 3 is 2.89 bits per heavy atom. The molecule has 1 N–H and O–H groups in total. The Balaban J connectivity index is 2.14. The van der Waals surface area contributed by atoms with Crippen molar-refractivity contribution in [1.82, 2.24) is 9.78 Å². The van der Waals surface area contributed by atoms with Crippen molar-refractivity contribution in [3.05, 3.63) is 33.8 Å². The van der Waals surface area contributed by atoms with Crippen LogP contribution >= 0.6 is 23.2 Å². The van der Waals surface area contributed by atoms with Crippen molar-refractivity contribution in [3.63, 3.8) is 0 Å². The van der Waals surface area contributed by atoms with Gasteiger partial charge in [0, 0.05) is 24.2 Å². The Bertz CT molecular complexity index is 605. The smallest absolute Gasteiger partial charge is 0.128 e. The predicted octanol–water partition coefficient (Wildman–Crippen LogP) is 3.84. The lowest BCUT2D eigenvalue weighted by Gasteiger charge is -2.02. The number of anilines is 1. The van der Waals surface area contributed by atoms with Crippen LogP contribution in [0, 0.1) is 0 Å². The molecule has 0 spiro atoms. The average molecular weight is 282 g/mol. The molecular weight excluding hydrogens is 269 g/mol. The summed E-state index contributed by atoms with van der Waals surface area (Å²) in [6.07, 6.45) is 1.00. The second-order valence-electron chi connectivity index (χ2n) is 4.30. The van der Waals surface area contributed by atoms with E-state index in [1.807, 2.05) is 22.9 Å². The first-order valence-electron chi connectivity index (χ1n) is 5.99. The number of hydrogen-bond acceptors (Lipinski definition) is 2. The van der Waals surface area contributed by atoms with Crippen LogP contribution < -0.4 is 5.32 Å². The van der Waals surface area contributed by atoms with Gasteiger partial charge >= 0.3 is 0 Å². The molecule has 2 aromatic rings. The van der Waals surface area contributed by atoms with E-state index in [2.05, 4.69) is 17.3 Å². The number of aromatic nitrogens is 2. The summed E-state index contributed by atoms with van der Waals surface area (Å²) < 4.78 is 2.00. The lowest BCUT2D eigenvalue weighted by molar-refractivity contribution is 0.668. The van der Waals surface area contributed by atoms with E-state index in [1.165, 1.54) is 5.56 Å². The van der Waals surface area contributed by atoms with E-state index in [9.17, 15) is 0 Å². The summed E-state index contributed by atoms with van der Waals surface area (Å²) >= 11 is 12.0. The SMILES string of the molecule is CCn1nc(-c2ccc(Cl)c(Cl)c2)c2c1NCC2. The third-order valence-corrected chi connectivity index (χ3v) is 3.95. The molecule has 1 aromatic heterocycles. The number of benzene rings is 1. The fourth-order valence-corrected chi connectivity index (χ4v) is 2.64. The molecule has 0 saturated heterocycles. The van der Waals surface area contributed by atoms with Gasteiger partial charge in [-0.2, -0.15) is 5.10 Å². The van der Waals surface area contributed by atoms with Crippen molar-refractivity contribution in [2.45, 2.75) is 19.9 Å². The van der Waals surface area contributed by atoms with E-state index in [0.717, 1.165) is 36.6 Å². The van der Waals surface area contributed by atoms with Crippen LogP contribution in [0.4, 0.5) is 5.82 Å². The number of rotatable bonds is 2. The summed E-state index contributed by atoms with van der Waals surface area (Å²) in [4.78, 5) is 0. The standard InChI is InChI=1S/C13H13Cl2N3/c1-2-18-13-9(5-6-16-13)12(17-18)8-3-4-10(14)11(15)7-8/h3-4,7,16H,2,5-6H2,1H3. The minimum atomic E-state index is 0.569. The van der Waals surface area contributed by atoms with Gasteiger partial charge in [-0.25, -0.2) is 4.68 Å². The van der Waals surface area contributed by atoms with Gasteiger partial charge in [0.2, 0.25) is 0 Å². The van der Waals surface area contributed by atoms with Gasteiger partial charge in [-0.15, -0.1) is 0 Å². The minimum Gasteiger partial charge on any atom is -0.370 e. The van der Waals surface area contributed by atoms with E-state index in [1.54, 1.807) is 0 Å². The monoisotopic (exact) mass is 281 g/mol. The summed E-state index contributed by atoms with van der Waals surface area (Å²) in [6.45, 7) is 3.92. The average Bonchev–Trinajstić information content (AvgIpc) is 2.94. The predicted molar refractivity (Wildman–Crippen MR) is 75.6 cm³/mol. The second-order valence-corrected chi connectivity index (χ2v) is 5.11. The van der Waals surface area contributed by atoms with E-state index >= 15 is 0 Å². The van der Waals surface area contributed by atoms with Crippen LogP contribution in [0.25, 0.3) is 11.3 Å². The minimum absolute atomic E-state index is 0.569. The molecule has 1 aliphatic rings. The van der Waals surface area contributed by atoms with Crippen molar-refractivity contribution in [2.24, 2.45) is 0 Å². The first-order valence-corrected chi connectivity index (χ1v) is 6.75. The third-order valence-electron chi connectivity index (χ3n) is 3.21. The molecule has 1 aliphatic heterocycles. The van der Waals surface area contributed by atoms with Gasteiger partial charge in [-0.1, -0.05) is 29.3 Å². The van der Waals surface area contributed by atoms with Gasteiger partial charge < -0.3 is 5.32 Å². The third kappa shape index (κ3) is 1.78. The molecule has 0 aliphatic carbocycles. The van der Waals surface area contributed by atoms with Gasteiger partial charge in [0.1, 0.15) is 5.82 Å². The molecule has 0 bridgehead atoms. The summed E-state index contributed by atoms with van der Waals surface area (Å²) in [6, 6.07) is 5.67. The summed E-state index contributed by atoms with van der Waals surface area (Å²) in [5.74, 6) is 1.14. The molecule has 0 unspecified atom stereocenters. The summed E-state index contributed by atoms with van der Waals surface area (Å²) in [5, 5.41) is 9.16. The number of hydrogen-bond donors (Lipinski definition) is 1. The van der Waals surface area contributed by atoms with Crippen LogP contribution in [0.3, 0.4) is 0 Å². The van der Waals surface area contributed by atoms with Gasteiger partial charge in [0.05, 0.1) is 15.7 Å². The Morgan fingerprint density at radius 2 is 2.17 bits per heavy atom. The Kier molecular flexibility index (Phi) is 2.96. The second kappa shape index (κ2) is 4.48. The maximum atomic E-state index is 6.07. The molecule has 0 fully saturated rings. The van der Waals surface area contributed by atoms with Crippen LogP contribution in [-0.4, -0.2) is 16.3 Å². The first-order chi connectivity index (χ1) is 8.70. The molecule has 18 heavy (non-hydrogen) atoms. The lowest BCUT2D eigenvalue weighted by Crippen LogP contribution is -2.04. The fraction of sp³-hybridized carbons (Fsp3) is 0.308. The molecule has 5 heteroatoms. The maximum Gasteiger partial charge on any atom is 0.128 e. The molecule has 2 heterocycles. The molecule has 94 valence electrons. The fourth-order valence-electron chi connectivity index (χ4n) is 2.34. The largest absolute Gasteiger partial charge is 0.370 e. The van der Waals surface area contributed by atoms with E-state index < -0.39 is 0 Å². The van der Waals surface area contributed by atoms with Gasteiger partial charge in [-0.05, 0) is 25.5 Å². The number of nitrogens with one attached hydrogen (secondary N) is 1. The summed E-state index contributed by atoms with van der Waals surface area (Å²) in [7, 11) is 0. The number of halogens is 2. The highest BCUT2D eigenvalue weighted by atomic mass is 35.5. The molecular formula is C13H13Cl2N3. The normalized spacial score (nSPS) is 13.5. The Labute approximate surface area is 116 Å². The van der Waals surface area contributed by atoms with Crippen LogP contribution in [0.15, 0.2) is 18.2 Å². The lowest BCUT2D eigenvalue weighted by atomic mass is 10.1. The highest BCUT2D eigenvalue weighted by Crippen LogP contribution is 2.35. The Morgan fingerprint density at radius 1 is 1.33 bits per heavy atom. The van der Waals surface area contributed by atoms with Crippen molar-refractivity contribution >= 4 is 29.0 Å². The van der Waals surface area contributed by atoms with Crippen LogP contribution in [-0.2, 0) is 13.0 Å². The van der Waals surface area contributed by atoms with Gasteiger partial charge in [0.25, 0.3) is 0 Å². The van der Waals surface area contributed by atoms with E-state index in [4.69, 9.17) is 23.2 Å². The van der Waals surface area contributed by atoms with Gasteiger partial charge in [0.15, 0.2) is 0 Å². The van der Waals surface area contributed by atoms with Crippen LogP contribution in [0.2, 0.25) is 10.0 Å². The van der Waals surface area contributed by atoms with Crippen molar-refractivity contribution in [2.75, 3.05) is 11.9 Å². The van der Waals surface area contributed by atoms with Crippen molar-refractivity contribution < 1.29 is 0 Å². The molecule has 0 atom stereocenters. The first kappa shape index (κ1) is 11.9. The zero-order valence-electron chi connectivity index (χ0n) is 10.0. The van der Waals surface area contributed by atoms with Crippen molar-refractivity contribution in [3.8, 4) is 11.3 Å². The highest BCUT2D eigenvalue weighted by molar-refractivity contribution is 6.42. The molecule has 0 amide bonds. The number of aryl methyl sites for hydroxylation is 1. The quantitative estimate of drug-likeness (QED) is 0.906. The number of fused-ring (bicyclic) bond motifs is 1. The molecule has 3 nitrogen and oxygen atoms in total. The topological polar surface area (TPSA) is 29.9 Å². The molecule has 1 aromatic carbocycles. The van der Waals surface area contributed by atoms with Crippen LogP contribution in [0.1, 0.15) is 12.5 Å². The highest BCUT2D eigenvalue weighted by Gasteiger charge is 2.22. The number of nitrogens with zero attached hydrogens (tertiary/aromatic N) is 2. The van der Waals surface area contributed by atoms with Gasteiger partial charge in [-0.3, -0.25) is 0 Å². The summed E-state index contributed by atoms with van der Waals surface area (Å²) in [5.41, 5.74) is 3.31. The molecule has 3 rings (SSSR count). The molecule has 0 radical (unpaired) electrons. The Hall–Kier alpha value is -1.19. The van der Waals surface area contributed by atoms with E-state index in [-0.39, 0.29) is 0 Å². The molecule has 0 saturated carbocycles. The maximum absolute atomic E-state index is 6.07.